The molecule has 0 aromatic heterocycles. The van der Waals surface area contributed by atoms with Gasteiger partial charge in [-0.25, -0.2) is 9.59 Å². The maximum absolute atomic E-state index is 14.8. The number of hydrogen-bond donors (Lipinski definition) is 2. The van der Waals surface area contributed by atoms with Crippen molar-refractivity contribution in [2.24, 2.45) is 22.8 Å². The fraction of sp³-hybridized carbons (Fsp3) is 0.905. The summed E-state index contributed by atoms with van der Waals surface area (Å²) in [5.41, 5.74) is 1.27. The summed E-state index contributed by atoms with van der Waals surface area (Å²) in [6.45, 7) is 0.742. The summed E-state index contributed by atoms with van der Waals surface area (Å²) in [5, 5.41) is 0. The molecule has 4 N–H and O–H groups in total. The van der Waals surface area contributed by atoms with Crippen LogP contribution in [0.4, 0.5) is 88.6 Å². The first-order chi connectivity index (χ1) is 19.4. The highest BCUT2D eigenvalue weighted by molar-refractivity contribution is 5.65. The van der Waals surface area contributed by atoms with E-state index in [2.05, 4.69) is 20.9 Å². The summed E-state index contributed by atoms with van der Waals surface area (Å²) in [6, 6.07) is 0. The van der Waals surface area contributed by atoms with Gasteiger partial charge in [-0.1, -0.05) is 20.8 Å². The lowest BCUT2D eigenvalue weighted by molar-refractivity contribution is -0.409. The molecule has 0 aromatic carbocycles. The van der Waals surface area contributed by atoms with Gasteiger partial charge in [0.1, 0.15) is 5.60 Å². The van der Waals surface area contributed by atoms with Crippen LogP contribution in [0, 0.1) is 11.3 Å². The van der Waals surface area contributed by atoms with Crippen molar-refractivity contribution in [3.8, 4) is 0 Å². The molecule has 24 heteroatoms. The van der Waals surface area contributed by atoms with Crippen molar-refractivity contribution in [2.45, 2.75) is 99.9 Å². The second kappa shape index (κ2) is 12.5. The Balaban J connectivity index is 7.59. The first kappa shape index (κ1) is 42.3. The molecule has 6 nitrogen and oxygen atoms in total. The van der Waals surface area contributed by atoms with E-state index in [1.54, 1.807) is 0 Å². The van der Waals surface area contributed by atoms with Gasteiger partial charge < -0.3 is 20.9 Å². The zero-order chi connectivity index (χ0) is 36.7. The average molecular weight is 710 g/mol. The van der Waals surface area contributed by atoms with Crippen LogP contribution in [-0.2, 0) is 9.47 Å². The lowest BCUT2D eigenvalue weighted by Gasteiger charge is -2.51. The van der Waals surface area contributed by atoms with E-state index in [0.29, 0.717) is 0 Å². The highest BCUT2D eigenvalue weighted by Gasteiger charge is 2.85. The molecule has 45 heavy (non-hydrogen) atoms. The minimum absolute atomic E-state index is 0.258. The first-order valence-electron chi connectivity index (χ1n) is 11.7. The number of alkyl halides is 18. The van der Waals surface area contributed by atoms with Crippen molar-refractivity contribution >= 4 is 12.2 Å². The monoisotopic (exact) mass is 710 g/mol. The van der Waals surface area contributed by atoms with Crippen LogP contribution in [0.5, 0.6) is 0 Å². The number of carbonyl (C=O) groups is 2. The van der Waals surface area contributed by atoms with Crippen molar-refractivity contribution < 1.29 is 98.1 Å². The van der Waals surface area contributed by atoms with E-state index in [9.17, 15) is 88.6 Å². The summed E-state index contributed by atoms with van der Waals surface area (Å²) in [4.78, 5) is 22.3. The Bertz CT molecular complexity index is 1000. The molecule has 0 aliphatic rings. The smallest absolute Gasteiger partial charge is 0.450 e. The van der Waals surface area contributed by atoms with E-state index in [1.807, 2.05) is 0 Å². The third-order valence-electron chi connectivity index (χ3n) is 6.68. The number of amides is 2. The lowest BCUT2D eigenvalue weighted by Crippen LogP contribution is -2.67. The van der Waals surface area contributed by atoms with Crippen molar-refractivity contribution in [3.05, 3.63) is 0 Å². The predicted octanol–water partition coefficient (Wildman–Crippen LogP) is 8.07. The summed E-state index contributed by atoms with van der Waals surface area (Å²) in [7, 11) is 0. The van der Waals surface area contributed by atoms with E-state index in [0.717, 1.165) is 6.92 Å². The van der Waals surface area contributed by atoms with Gasteiger partial charge in [0.2, 0.25) is 0 Å². The molecule has 0 radical (unpaired) electrons. The van der Waals surface area contributed by atoms with Gasteiger partial charge in [0.15, 0.2) is 0 Å². The number of rotatable bonds is 15. The molecule has 268 valence electrons. The second-order valence-electron chi connectivity index (χ2n) is 10.6. The maximum atomic E-state index is 14.8. The minimum atomic E-state index is -7.75. The predicted molar refractivity (Wildman–Crippen MR) is 112 cm³/mol. The van der Waals surface area contributed by atoms with E-state index >= 15 is 0 Å². The number of halogens is 18. The minimum Gasteiger partial charge on any atom is -0.450 e. The van der Waals surface area contributed by atoms with E-state index in [4.69, 9.17) is 0 Å². The number of ether oxygens (including phenoxy) is 2. The molecular formula is C21H24F18N2O4. The second-order valence-corrected chi connectivity index (χ2v) is 10.6. The van der Waals surface area contributed by atoms with Gasteiger partial charge in [0.25, 0.3) is 0 Å². The molecule has 0 saturated carbocycles. The van der Waals surface area contributed by atoms with Crippen LogP contribution in [0.3, 0.4) is 0 Å². The molecule has 0 aliphatic heterocycles. The Labute approximate surface area is 240 Å². The highest BCUT2D eigenvalue weighted by Crippen LogP contribution is 2.62. The van der Waals surface area contributed by atoms with E-state index < -0.39 is 109 Å². The number of carbonyl (C=O) groups excluding carboxylic acids is 2. The van der Waals surface area contributed by atoms with Crippen molar-refractivity contribution in [3.63, 3.8) is 0 Å². The summed E-state index contributed by atoms with van der Waals surface area (Å²) < 4.78 is 254. The van der Waals surface area contributed by atoms with Crippen LogP contribution in [0.15, 0.2) is 0 Å². The molecule has 2 amide bonds. The van der Waals surface area contributed by atoms with E-state index in [1.165, 1.54) is 0 Å². The Morgan fingerprint density at radius 3 is 1.20 bits per heavy atom. The van der Waals surface area contributed by atoms with Crippen molar-refractivity contribution in [1.29, 1.82) is 0 Å². The third-order valence-corrected chi connectivity index (χ3v) is 6.68. The molecule has 1 atom stereocenters. The SMILES string of the molecule is CC(CCOC(N)=O)CC(C)(C)C(CC(F)(F)C(F)(F)C(F)(F)C(F)(F)F)(CC(F)(F)C(F)(F)C(F)(F)C(F)(F)F)OC(N)=O. The molecule has 0 heterocycles. The van der Waals surface area contributed by atoms with Gasteiger partial charge in [-0.05, 0) is 18.8 Å². The average Bonchev–Trinajstić information content (AvgIpc) is 2.75. The standard InChI is InChI=1S/C21H24F18N2O4/c1-9(4-5-44-10(40)42)6-12(2,3)13(45-11(41)43,7-14(22,23)16(26,27)18(30,31)20(34,35)36)8-15(24,25)17(28,29)19(32,33)21(37,38)39/h9H,4-8H2,1-3H3,(H2,40,42)(H2,41,43). The zero-order valence-corrected chi connectivity index (χ0v) is 22.7. The molecule has 0 aliphatic carbocycles. The van der Waals surface area contributed by atoms with Gasteiger partial charge in [-0.15, -0.1) is 0 Å². The number of nitrogens with two attached hydrogens (primary N) is 2. The Morgan fingerprint density at radius 2 is 0.933 bits per heavy atom. The molecule has 0 bridgehead atoms. The molecule has 0 fully saturated rings. The largest absolute Gasteiger partial charge is 0.460 e. The van der Waals surface area contributed by atoms with E-state index in [-0.39, 0.29) is 13.8 Å². The van der Waals surface area contributed by atoms with Crippen LogP contribution in [0.2, 0.25) is 0 Å². The molecular weight excluding hydrogens is 686 g/mol. The first-order valence-corrected chi connectivity index (χ1v) is 11.7. The van der Waals surface area contributed by atoms with Crippen LogP contribution in [0.1, 0.15) is 46.5 Å². The van der Waals surface area contributed by atoms with Gasteiger partial charge in [-0.3, -0.25) is 0 Å². The summed E-state index contributed by atoms with van der Waals surface area (Å²) >= 11 is 0. The van der Waals surface area contributed by atoms with Gasteiger partial charge >= 0.3 is 60.1 Å². The highest BCUT2D eigenvalue weighted by atomic mass is 19.4. The Kier molecular flexibility index (Phi) is 11.7. The van der Waals surface area contributed by atoms with Crippen LogP contribution in [-0.4, -0.2) is 72.3 Å². The van der Waals surface area contributed by atoms with Crippen molar-refractivity contribution in [1.82, 2.24) is 0 Å². The van der Waals surface area contributed by atoms with Crippen molar-refractivity contribution in [2.75, 3.05) is 6.61 Å². The molecule has 1 unspecified atom stereocenters. The summed E-state index contributed by atoms with van der Waals surface area (Å²) in [6.07, 6.45) is -28.5. The lowest BCUT2D eigenvalue weighted by atomic mass is 9.63. The van der Waals surface area contributed by atoms with Gasteiger partial charge in [0.05, 0.1) is 19.4 Å². The van der Waals surface area contributed by atoms with Crippen LogP contribution < -0.4 is 11.5 Å². The Hall–Kier alpha value is -2.72. The molecule has 0 spiro atoms. The molecule has 0 saturated heterocycles. The normalized spacial score (nSPS) is 15.9. The van der Waals surface area contributed by atoms with Gasteiger partial charge in [0, 0.05) is 5.41 Å². The third kappa shape index (κ3) is 8.17. The summed E-state index contributed by atoms with van der Waals surface area (Å²) in [5.74, 6) is -46.4. The van der Waals surface area contributed by atoms with Gasteiger partial charge in [-0.2, -0.15) is 79.0 Å². The topological polar surface area (TPSA) is 105 Å². The maximum Gasteiger partial charge on any atom is 0.460 e. The number of hydrogen-bond acceptors (Lipinski definition) is 4. The zero-order valence-electron chi connectivity index (χ0n) is 22.7. The quantitative estimate of drug-likeness (QED) is 0.168. The Morgan fingerprint density at radius 1 is 0.600 bits per heavy atom. The molecule has 0 rings (SSSR count). The van der Waals surface area contributed by atoms with Crippen LogP contribution in [0.25, 0.3) is 0 Å². The fourth-order valence-electron chi connectivity index (χ4n) is 4.22. The molecule has 0 aromatic rings. The number of primary amides is 2. The fourth-order valence-corrected chi connectivity index (χ4v) is 4.22. The van der Waals surface area contributed by atoms with Crippen LogP contribution >= 0.6 is 0 Å².